The number of anilines is 1. The summed E-state index contributed by atoms with van der Waals surface area (Å²) in [7, 11) is -4.27. The van der Waals surface area contributed by atoms with Crippen LogP contribution >= 0.6 is 0 Å². The van der Waals surface area contributed by atoms with Crippen LogP contribution in [0.5, 0.6) is 5.75 Å². The largest absolute Gasteiger partial charge is 0.488 e. The molecule has 2 amide bonds. The lowest BCUT2D eigenvalue weighted by Crippen LogP contribution is -2.31. The molecule has 0 aliphatic carbocycles. The van der Waals surface area contributed by atoms with Gasteiger partial charge in [0.25, 0.3) is 11.8 Å². The highest BCUT2D eigenvalue weighted by molar-refractivity contribution is 7.81. The molecule has 134 valence electrons. The molecule has 0 spiro atoms. The number of amides is 2. The summed E-state index contributed by atoms with van der Waals surface area (Å²) < 4.78 is 42.6. The number of imide groups is 1. The average Bonchev–Trinajstić information content (AvgIpc) is 2.84. The van der Waals surface area contributed by atoms with Gasteiger partial charge in [0.15, 0.2) is 0 Å². The first-order valence-electron chi connectivity index (χ1n) is 7.07. The number of rotatable bonds is 4. The standard InChI is InChI=1S/C16H10FNO7S/c1-24-16(21)12-8-9(25-26(17,22)23)6-7-13(12)18-14(19)10-4-2-3-5-11(10)15(18)20/h2-8H,1H3. The Hall–Kier alpha value is -3.27. The minimum atomic E-state index is -5.32. The van der Waals surface area contributed by atoms with Crippen molar-refractivity contribution in [3.8, 4) is 5.75 Å². The minimum Gasteiger partial charge on any atom is -0.465 e. The van der Waals surface area contributed by atoms with Crippen molar-refractivity contribution in [1.29, 1.82) is 0 Å². The van der Waals surface area contributed by atoms with Gasteiger partial charge in [0.2, 0.25) is 0 Å². The summed E-state index contributed by atoms with van der Waals surface area (Å²) in [6, 6.07) is 9.04. The summed E-state index contributed by atoms with van der Waals surface area (Å²) >= 11 is 0. The molecule has 2 aromatic rings. The quantitative estimate of drug-likeness (QED) is 0.453. The van der Waals surface area contributed by atoms with Gasteiger partial charge >= 0.3 is 16.5 Å². The fourth-order valence-corrected chi connectivity index (χ4v) is 2.89. The van der Waals surface area contributed by atoms with Gasteiger partial charge in [-0.05, 0) is 30.3 Å². The van der Waals surface area contributed by atoms with Crippen LogP contribution in [0.2, 0.25) is 0 Å². The van der Waals surface area contributed by atoms with Gasteiger partial charge in [-0.15, -0.1) is 0 Å². The number of ether oxygens (including phenoxy) is 1. The van der Waals surface area contributed by atoms with E-state index in [0.29, 0.717) is 0 Å². The van der Waals surface area contributed by atoms with Crippen molar-refractivity contribution in [1.82, 2.24) is 0 Å². The van der Waals surface area contributed by atoms with Gasteiger partial charge in [0.1, 0.15) is 5.75 Å². The van der Waals surface area contributed by atoms with Crippen molar-refractivity contribution in [2.75, 3.05) is 12.0 Å². The van der Waals surface area contributed by atoms with E-state index in [1.54, 1.807) is 12.1 Å². The molecule has 0 N–H and O–H groups in total. The Bertz CT molecular complexity index is 1010. The van der Waals surface area contributed by atoms with E-state index in [9.17, 15) is 26.7 Å². The van der Waals surface area contributed by atoms with Gasteiger partial charge in [0.05, 0.1) is 29.5 Å². The highest BCUT2D eigenvalue weighted by atomic mass is 32.3. The SMILES string of the molecule is COC(=O)c1cc(OS(=O)(=O)F)ccc1N1C(=O)c2ccccc2C1=O. The highest BCUT2D eigenvalue weighted by Crippen LogP contribution is 2.33. The fourth-order valence-electron chi connectivity index (χ4n) is 2.56. The molecule has 0 aromatic heterocycles. The Morgan fingerprint density at radius 1 is 1.04 bits per heavy atom. The van der Waals surface area contributed by atoms with Crippen LogP contribution in [0, 0.1) is 0 Å². The Kier molecular flexibility index (Phi) is 4.20. The lowest BCUT2D eigenvalue weighted by Gasteiger charge is -2.17. The molecule has 10 heteroatoms. The Morgan fingerprint density at radius 3 is 2.12 bits per heavy atom. The molecule has 0 saturated heterocycles. The van der Waals surface area contributed by atoms with Gasteiger partial charge in [-0.1, -0.05) is 16.0 Å². The van der Waals surface area contributed by atoms with Crippen LogP contribution in [0.1, 0.15) is 31.1 Å². The van der Waals surface area contributed by atoms with E-state index in [2.05, 4.69) is 8.92 Å². The topological polar surface area (TPSA) is 107 Å². The molecular weight excluding hydrogens is 369 g/mol. The number of nitrogens with zero attached hydrogens (tertiary/aromatic N) is 1. The summed E-state index contributed by atoms with van der Waals surface area (Å²) in [4.78, 5) is 37.9. The minimum absolute atomic E-state index is 0.147. The third-order valence-corrected chi connectivity index (χ3v) is 4.00. The molecule has 2 aromatic carbocycles. The molecule has 0 fully saturated rings. The summed E-state index contributed by atoms with van der Waals surface area (Å²) in [6.45, 7) is 0. The first kappa shape index (κ1) is 17.5. The second-order valence-corrected chi connectivity index (χ2v) is 6.09. The molecule has 8 nitrogen and oxygen atoms in total. The maximum absolute atomic E-state index is 12.7. The number of hydrogen-bond donors (Lipinski definition) is 0. The van der Waals surface area contributed by atoms with Gasteiger partial charge in [-0.25, -0.2) is 9.69 Å². The van der Waals surface area contributed by atoms with Crippen LogP contribution < -0.4 is 9.08 Å². The summed E-state index contributed by atoms with van der Waals surface area (Å²) in [5, 5.41) is 0. The van der Waals surface area contributed by atoms with Crippen molar-refractivity contribution in [3.63, 3.8) is 0 Å². The molecule has 0 bridgehead atoms. The van der Waals surface area contributed by atoms with Crippen LogP contribution in [0.25, 0.3) is 0 Å². The molecule has 0 radical (unpaired) electrons. The zero-order valence-corrected chi connectivity index (χ0v) is 13.9. The molecule has 1 aliphatic heterocycles. The zero-order chi connectivity index (χ0) is 19.1. The van der Waals surface area contributed by atoms with E-state index in [-0.39, 0.29) is 22.4 Å². The molecule has 26 heavy (non-hydrogen) atoms. The zero-order valence-electron chi connectivity index (χ0n) is 13.1. The Morgan fingerprint density at radius 2 is 1.62 bits per heavy atom. The third kappa shape index (κ3) is 3.02. The molecule has 0 unspecified atom stereocenters. The molecule has 1 heterocycles. The smallest absolute Gasteiger partial charge is 0.465 e. The predicted octanol–water partition coefficient (Wildman–Crippen LogP) is 1.87. The van der Waals surface area contributed by atoms with Crippen molar-refractivity contribution in [2.24, 2.45) is 0 Å². The molecular formula is C16H10FNO7S. The number of fused-ring (bicyclic) bond motifs is 1. The van der Waals surface area contributed by atoms with Crippen LogP contribution in [-0.4, -0.2) is 33.3 Å². The average molecular weight is 379 g/mol. The Balaban J connectivity index is 2.12. The summed E-state index contributed by atoms with van der Waals surface area (Å²) in [5.41, 5.74) is -0.185. The fraction of sp³-hybridized carbons (Fsp3) is 0.0625. The van der Waals surface area contributed by atoms with Crippen molar-refractivity contribution < 1.29 is 35.6 Å². The maximum Gasteiger partial charge on any atom is 0.488 e. The first-order valence-corrected chi connectivity index (χ1v) is 8.38. The maximum atomic E-state index is 12.7. The Labute approximate surface area is 147 Å². The number of esters is 1. The van der Waals surface area contributed by atoms with E-state index >= 15 is 0 Å². The number of hydrogen-bond acceptors (Lipinski definition) is 7. The second-order valence-electron chi connectivity index (χ2n) is 5.14. The van der Waals surface area contributed by atoms with Crippen LogP contribution in [0.15, 0.2) is 42.5 Å². The number of halogens is 1. The third-order valence-electron chi connectivity index (χ3n) is 3.60. The lowest BCUT2D eigenvalue weighted by atomic mass is 10.1. The van der Waals surface area contributed by atoms with Crippen LogP contribution in [0.3, 0.4) is 0 Å². The van der Waals surface area contributed by atoms with E-state index < -0.39 is 34.0 Å². The van der Waals surface area contributed by atoms with E-state index in [0.717, 1.165) is 30.2 Å². The number of benzene rings is 2. The van der Waals surface area contributed by atoms with E-state index in [4.69, 9.17) is 0 Å². The van der Waals surface area contributed by atoms with Gasteiger partial charge in [-0.3, -0.25) is 9.59 Å². The molecule has 0 saturated carbocycles. The van der Waals surface area contributed by atoms with Crippen molar-refractivity contribution in [2.45, 2.75) is 0 Å². The van der Waals surface area contributed by atoms with E-state index in [1.165, 1.54) is 12.1 Å². The lowest BCUT2D eigenvalue weighted by molar-refractivity contribution is 0.0601. The van der Waals surface area contributed by atoms with Crippen molar-refractivity contribution >= 4 is 34.0 Å². The number of methoxy groups -OCH3 is 1. The molecule has 0 atom stereocenters. The monoisotopic (exact) mass is 379 g/mol. The van der Waals surface area contributed by atoms with Crippen LogP contribution in [0.4, 0.5) is 9.57 Å². The van der Waals surface area contributed by atoms with Gasteiger partial charge in [-0.2, -0.15) is 8.42 Å². The van der Waals surface area contributed by atoms with Gasteiger partial charge < -0.3 is 8.92 Å². The number of carbonyl (C=O) groups is 3. The summed E-state index contributed by atoms with van der Waals surface area (Å²) in [5.74, 6) is -2.82. The highest BCUT2D eigenvalue weighted by Gasteiger charge is 2.38. The molecule has 3 rings (SSSR count). The van der Waals surface area contributed by atoms with Crippen LogP contribution in [-0.2, 0) is 15.2 Å². The predicted molar refractivity (Wildman–Crippen MR) is 86.0 cm³/mol. The second kappa shape index (κ2) is 6.23. The van der Waals surface area contributed by atoms with Gasteiger partial charge in [0, 0.05) is 0 Å². The summed E-state index contributed by atoms with van der Waals surface area (Å²) in [6.07, 6.45) is 0. The van der Waals surface area contributed by atoms with E-state index in [1.807, 2.05) is 0 Å². The number of carbonyl (C=O) groups excluding carboxylic acids is 3. The first-order chi connectivity index (χ1) is 12.2. The van der Waals surface area contributed by atoms with Crippen molar-refractivity contribution in [3.05, 3.63) is 59.2 Å². The molecule has 1 aliphatic rings. The normalized spacial score (nSPS) is 13.5.